The van der Waals surface area contributed by atoms with Crippen molar-refractivity contribution in [3.8, 4) is 22.9 Å². The van der Waals surface area contributed by atoms with Crippen LogP contribution in [0.4, 0.5) is 5.69 Å². The first-order valence-electron chi connectivity index (χ1n) is 12.7. The molecule has 4 aromatic carbocycles. The highest BCUT2D eigenvalue weighted by Crippen LogP contribution is 2.36. The van der Waals surface area contributed by atoms with Crippen molar-refractivity contribution in [2.75, 3.05) is 18.5 Å². The lowest BCUT2D eigenvalue weighted by atomic mass is 10.2. The van der Waals surface area contributed by atoms with Gasteiger partial charge in [0.2, 0.25) is 0 Å². The first-order valence-corrected chi connectivity index (χ1v) is 13.4. The summed E-state index contributed by atoms with van der Waals surface area (Å²) in [5.74, 6) is 0.556. The Labute approximate surface area is 245 Å². The summed E-state index contributed by atoms with van der Waals surface area (Å²) < 4.78 is 12.7. The highest BCUT2D eigenvalue weighted by atomic mass is 35.5. The number of nitrogens with one attached hydrogen (secondary N) is 1. The maximum Gasteiger partial charge on any atom is 0.282 e. The van der Waals surface area contributed by atoms with Crippen LogP contribution in [0.2, 0.25) is 10.0 Å². The first kappa shape index (κ1) is 27.9. The fourth-order valence-corrected chi connectivity index (χ4v) is 4.46. The Morgan fingerprint density at radius 3 is 2.46 bits per heavy atom. The van der Waals surface area contributed by atoms with Crippen LogP contribution < -0.4 is 20.3 Å². The number of hydrogen-bond acceptors (Lipinski definition) is 6. The van der Waals surface area contributed by atoms with Gasteiger partial charge in [0.25, 0.3) is 11.5 Å². The van der Waals surface area contributed by atoms with Crippen molar-refractivity contribution in [1.82, 2.24) is 9.66 Å². The molecule has 0 aliphatic heterocycles. The van der Waals surface area contributed by atoms with Crippen LogP contribution in [0.15, 0.2) is 101 Å². The van der Waals surface area contributed by atoms with E-state index in [1.54, 1.807) is 54.6 Å². The minimum atomic E-state index is -0.381. The third-order valence-corrected chi connectivity index (χ3v) is 6.45. The molecule has 0 radical (unpaired) electrons. The summed E-state index contributed by atoms with van der Waals surface area (Å²) in [6.45, 7) is 1.85. The molecule has 8 nitrogen and oxygen atoms in total. The van der Waals surface area contributed by atoms with Crippen molar-refractivity contribution < 1.29 is 14.3 Å². The Bertz CT molecular complexity index is 1790. The number of halogens is 2. The zero-order valence-corrected chi connectivity index (χ0v) is 23.4. The molecule has 0 saturated heterocycles. The molecule has 10 heteroatoms. The van der Waals surface area contributed by atoms with E-state index in [2.05, 4.69) is 10.4 Å². The van der Waals surface area contributed by atoms with E-state index in [0.717, 1.165) is 5.56 Å². The average molecular weight is 587 g/mol. The van der Waals surface area contributed by atoms with Crippen LogP contribution in [0, 0.1) is 0 Å². The maximum atomic E-state index is 13.4. The van der Waals surface area contributed by atoms with Crippen LogP contribution in [-0.4, -0.2) is 35.0 Å². The number of amides is 1. The summed E-state index contributed by atoms with van der Waals surface area (Å²) in [5.41, 5.74) is 2.13. The van der Waals surface area contributed by atoms with Gasteiger partial charge in [-0.1, -0.05) is 65.7 Å². The number of fused-ring (bicyclic) bond motifs is 1. The number of rotatable bonds is 9. The van der Waals surface area contributed by atoms with Gasteiger partial charge in [0.15, 0.2) is 23.9 Å². The fourth-order valence-electron chi connectivity index (χ4n) is 4.06. The van der Waals surface area contributed by atoms with Crippen LogP contribution in [0.3, 0.4) is 0 Å². The van der Waals surface area contributed by atoms with Crippen molar-refractivity contribution >= 4 is 51.9 Å². The van der Waals surface area contributed by atoms with Crippen LogP contribution in [0.25, 0.3) is 22.3 Å². The number of nitrogens with zero attached hydrogens (tertiary/aromatic N) is 3. The van der Waals surface area contributed by atoms with Gasteiger partial charge < -0.3 is 14.8 Å². The van der Waals surface area contributed by atoms with Crippen LogP contribution in [-0.2, 0) is 4.79 Å². The zero-order valence-electron chi connectivity index (χ0n) is 21.9. The van der Waals surface area contributed by atoms with E-state index in [9.17, 15) is 9.59 Å². The SMILES string of the molecule is CCOc1cc(C=Nn2c(-c3ccccc3)nc3ccccc3c2=O)cc(Cl)c1OCC(=O)Nc1ccc(Cl)cc1. The second kappa shape index (κ2) is 12.7. The Kier molecular flexibility index (Phi) is 8.62. The highest BCUT2D eigenvalue weighted by molar-refractivity contribution is 6.32. The number of benzene rings is 4. The van der Waals surface area contributed by atoms with Gasteiger partial charge in [-0.15, -0.1) is 0 Å². The Hall–Kier alpha value is -4.66. The number of carbonyl (C=O) groups excluding carboxylic acids is 1. The van der Waals surface area contributed by atoms with Crippen molar-refractivity contribution in [3.05, 3.63) is 117 Å². The van der Waals surface area contributed by atoms with E-state index in [0.29, 0.717) is 45.4 Å². The minimum absolute atomic E-state index is 0.212. The number of carbonyl (C=O) groups is 1. The van der Waals surface area contributed by atoms with Crippen LogP contribution >= 0.6 is 23.2 Å². The molecule has 41 heavy (non-hydrogen) atoms. The maximum absolute atomic E-state index is 13.4. The second-order valence-electron chi connectivity index (χ2n) is 8.79. The quantitative estimate of drug-likeness (QED) is 0.195. The number of anilines is 1. The van der Waals surface area contributed by atoms with E-state index in [1.165, 1.54) is 10.9 Å². The fraction of sp³-hybridized carbons (Fsp3) is 0.0968. The Morgan fingerprint density at radius 2 is 1.71 bits per heavy atom. The van der Waals surface area contributed by atoms with Gasteiger partial charge in [0.05, 0.1) is 28.7 Å². The summed E-state index contributed by atoms with van der Waals surface area (Å²) in [4.78, 5) is 30.6. The van der Waals surface area contributed by atoms with E-state index in [-0.39, 0.29) is 28.8 Å². The molecular formula is C31H24Cl2N4O4. The topological polar surface area (TPSA) is 94.8 Å². The number of aromatic nitrogens is 2. The summed E-state index contributed by atoms with van der Waals surface area (Å²) in [6, 6.07) is 26.5. The summed E-state index contributed by atoms with van der Waals surface area (Å²) in [7, 11) is 0. The molecule has 1 amide bonds. The van der Waals surface area contributed by atoms with Crippen molar-refractivity contribution in [2.45, 2.75) is 6.92 Å². The predicted octanol–water partition coefficient (Wildman–Crippen LogP) is 6.67. The third-order valence-electron chi connectivity index (χ3n) is 5.92. The molecule has 0 aliphatic rings. The van der Waals surface area contributed by atoms with Crippen molar-refractivity contribution in [2.24, 2.45) is 5.10 Å². The van der Waals surface area contributed by atoms with Gasteiger partial charge in [-0.05, 0) is 61.0 Å². The van der Waals surface area contributed by atoms with E-state index in [1.807, 2.05) is 43.3 Å². The second-order valence-corrected chi connectivity index (χ2v) is 9.63. The predicted molar refractivity (Wildman–Crippen MR) is 163 cm³/mol. The van der Waals surface area contributed by atoms with E-state index >= 15 is 0 Å². The smallest absolute Gasteiger partial charge is 0.282 e. The summed E-state index contributed by atoms with van der Waals surface area (Å²) in [5, 5.41) is 8.44. The molecule has 0 unspecified atom stereocenters. The van der Waals surface area contributed by atoms with Gasteiger partial charge in [-0.2, -0.15) is 9.78 Å². The number of hydrogen-bond donors (Lipinski definition) is 1. The van der Waals surface area contributed by atoms with E-state index in [4.69, 9.17) is 37.7 Å². The van der Waals surface area contributed by atoms with E-state index < -0.39 is 0 Å². The molecule has 0 fully saturated rings. The van der Waals surface area contributed by atoms with Crippen LogP contribution in [0.1, 0.15) is 12.5 Å². The molecule has 0 atom stereocenters. The lowest BCUT2D eigenvalue weighted by Gasteiger charge is -2.14. The summed E-state index contributed by atoms with van der Waals surface area (Å²) >= 11 is 12.5. The minimum Gasteiger partial charge on any atom is -0.490 e. The molecule has 5 rings (SSSR count). The number of ether oxygens (including phenoxy) is 2. The third kappa shape index (κ3) is 6.57. The van der Waals surface area contributed by atoms with Crippen LogP contribution in [0.5, 0.6) is 11.5 Å². The van der Waals surface area contributed by atoms with Crippen molar-refractivity contribution in [3.63, 3.8) is 0 Å². The normalized spacial score (nSPS) is 11.1. The van der Waals surface area contributed by atoms with Gasteiger partial charge in [-0.3, -0.25) is 9.59 Å². The number of para-hydroxylation sites is 1. The monoisotopic (exact) mass is 586 g/mol. The summed E-state index contributed by atoms with van der Waals surface area (Å²) in [6.07, 6.45) is 1.50. The molecule has 0 saturated carbocycles. The molecule has 206 valence electrons. The van der Waals surface area contributed by atoms with Crippen molar-refractivity contribution in [1.29, 1.82) is 0 Å². The Morgan fingerprint density at radius 1 is 0.976 bits per heavy atom. The molecular weight excluding hydrogens is 563 g/mol. The lowest BCUT2D eigenvalue weighted by molar-refractivity contribution is -0.118. The molecule has 0 spiro atoms. The molecule has 5 aromatic rings. The first-order chi connectivity index (χ1) is 19.9. The Balaban J connectivity index is 1.44. The zero-order chi connectivity index (χ0) is 28.8. The van der Waals surface area contributed by atoms with Gasteiger partial charge in [-0.25, -0.2) is 4.98 Å². The highest BCUT2D eigenvalue weighted by Gasteiger charge is 2.16. The average Bonchev–Trinajstić information content (AvgIpc) is 2.98. The molecule has 0 bridgehead atoms. The largest absolute Gasteiger partial charge is 0.490 e. The molecule has 1 N–H and O–H groups in total. The molecule has 1 heterocycles. The molecule has 0 aliphatic carbocycles. The van der Waals surface area contributed by atoms with Gasteiger partial charge in [0.1, 0.15) is 0 Å². The lowest BCUT2D eigenvalue weighted by Crippen LogP contribution is -2.20. The molecule has 1 aromatic heterocycles. The standard InChI is InChI=1S/C31H24Cl2N4O4/c1-2-40-27-17-20(16-25(33)29(27)41-19-28(38)35-23-14-12-22(32)13-15-23)18-34-37-30(21-8-4-3-5-9-21)36-26-11-7-6-10-24(26)31(37)39/h3-18H,2,19H2,1H3,(H,35,38). The van der Waals surface area contributed by atoms with Gasteiger partial charge >= 0.3 is 0 Å². The van der Waals surface area contributed by atoms with Gasteiger partial charge in [0, 0.05) is 16.3 Å².